The molecule has 9 heteroatoms. The first kappa shape index (κ1) is 23.3. The Morgan fingerprint density at radius 1 is 0.853 bits per heavy atom. The van der Waals surface area contributed by atoms with E-state index >= 15 is 0 Å². The fourth-order valence-electron chi connectivity index (χ4n) is 4.66. The van der Waals surface area contributed by atoms with E-state index in [0.717, 1.165) is 22.3 Å². The van der Waals surface area contributed by atoms with Crippen molar-refractivity contribution in [2.75, 3.05) is 19.7 Å². The van der Waals surface area contributed by atoms with Crippen LogP contribution in [0.5, 0.6) is 0 Å². The first-order chi connectivity index (χ1) is 16.4. The van der Waals surface area contributed by atoms with Crippen LogP contribution < -0.4 is 16.0 Å². The van der Waals surface area contributed by atoms with E-state index in [1.54, 1.807) is 0 Å². The number of carbonyl (C=O) groups is 4. The van der Waals surface area contributed by atoms with Crippen molar-refractivity contribution < 1.29 is 29.0 Å². The Morgan fingerprint density at radius 2 is 1.47 bits per heavy atom. The van der Waals surface area contributed by atoms with Gasteiger partial charge in [0.1, 0.15) is 13.2 Å². The minimum atomic E-state index is -0.857. The van der Waals surface area contributed by atoms with E-state index in [9.17, 15) is 19.2 Å². The molecule has 0 heterocycles. The number of ether oxygens (including phenoxy) is 1. The third-order valence-electron chi connectivity index (χ3n) is 6.33. The predicted molar refractivity (Wildman–Crippen MR) is 123 cm³/mol. The van der Waals surface area contributed by atoms with Crippen LogP contribution in [0.4, 0.5) is 4.79 Å². The van der Waals surface area contributed by atoms with Crippen molar-refractivity contribution in [1.82, 2.24) is 16.0 Å². The third kappa shape index (κ3) is 5.36. The lowest BCUT2D eigenvalue weighted by molar-refractivity contribution is -0.141. The molecule has 0 unspecified atom stereocenters. The van der Waals surface area contributed by atoms with Crippen molar-refractivity contribution in [3.05, 3.63) is 59.7 Å². The molecule has 34 heavy (non-hydrogen) atoms. The van der Waals surface area contributed by atoms with Crippen LogP contribution in [0.3, 0.4) is 0 Å². The summed E-state index contributed by atoms with van der Waals surface area (Å²) >= 11 is 0. The van der Waals surface area contributed by atoms with E-state index in [0.29, 0.717) is 19.3 Å². The van der Waals surface area contributed by atoms with Crippen LogP contribution in [-0.4, -0.2) is 54.7 Å². The molecule has 2 atom stereocenters. The van der Waals surface area contributed by atoms with E-state index < -0.39 is 29.8 Å². The molecule has 3 amide bonds. The average molecular weight is 466 g/mol. The molecule has 1 saturated carbocycles. The van der Waals surface area contributed by atoms with Gasteiger partial charge in [-0.3, -0.25) is 14.4 Å². The Morgan fingerprint density at radius 3 is 2.09 bits per heavy atom. The maximum absolute atomic E-state index is 12.1. The van der Waals surface area contributed by atoms with Gasteiger partial charge in [-0.05, 0) is 41.5 Å². The zero-order chi connectivity index (χ0) is 24.1. The molecule has 4 rings (SSSR count). The summed E-state index contributed by atoms with van der Waals surface area (Å²) in [5.74, 6) is -2.30. The molecule has 2 aromatic carbocycles. The van der Waals surface area contributed by atoms with Crippen molar-refractivity contribution in [2.24, 2.45) is 5.92 Å². The molecule has 0 spiro atoms. The maximum Gasteiger partial charge on any atom is 0.407 e. The fourth-order valence-corrected chi connectivity index (χ4v) is 4.66. The Labute approximate surface area is 196 Å². The van der Waals surface area contributed by atoms with Crippen molar-refractivity contribution in [3.63, 3.8) is 0 Å². The molecule has 178 valence electrons. The monoisotopic (exact) mass is 465 g/mol. The molecular weight excluding hydrogens is 438 g/mol. The molecule has 0 saturated heterocycles. The zero-order valence-electron chi connectivity index (χ0n) is 18.6. The van der Waals surface area contributed by atoms with E-state index in [1.165, 1.54) is 0 Å². The van der Waals surface area contributed by atoms with Crippen LogP contribution in [0.1, 0.15) is 36.3 Å². The number of nitrogens with one attached hydrogen (secondary N) is 3. The van der Waals surface area contributed by atoms with Gasteiger partial charge in [-0.15, -0.1) is 0 Å². The summed E-state index contributed by atoms with van der Waals surface area (Å²) in [6.45, 7) is -0.434. The summed E-state index contributed by atoms with van der Waals surface area (Å²) in [4.78, 5) is 47.1. The second-order valence-corrected chi connectivity index (χ2v) is 8.57. The summed E-state index contributed by atoms with van der Waals surface area (Å²) < 4.78 is 5.38. The number of hydrogen-bond acceptors (Lipinski definition) is 5. The number of carbonyl (C=O) groups excluding carboxylic acids is 3. The molecule has 9 nitrogen and oxygen atoms in total. The molecule has 0 aliphatic heterocycles. The lowest BCUT2D eigenvalue weighted by atomic mass is 9.98. The van der Waals surface area contributed by atoms with Crippen molar-refractivity contribution in [2.45, 2.75) is 31.2 Å². The van der Waals surface area contributed by atoms with Crippen LogP contribution in [-0.2, 0) is 19.1 Å². The lowest BCUT2D eigenvalue weighted by Gasteiger charge is -2.15. The van der Waals surface area contributed by atoms with E-state index in [2.05, 4.69) is 16.0 Å². The number of rotatable bonds is 8. The summed E-state index contributed by atoms with van der Waals surface area (Å²) in [6.07, 6.45) is 0.793. The quantitative estimate of drug-likeness (QED) is 0.471. The largest absolute Gasteiger partial charge is 0.481 e. The van der Waals surface area contributed by atoms with Crippen LogP contribution in [0.15, 0.2) is 48.5 Å². The van der Waals surface area contributed by atoms with Crippen LogP contribution >= 0.6 is 0 Å². The van der Waals surface area contributed by atoms with Crippen LogP contribution in [0.25, 0.3) is 11.1 Å². The van der Waals surface area contributed by atoms with Gasteiger partial charge in [-0.2, -0.15) is 0 Å². The molecule has 0 radical (unpaired) electrons. The van der Waals surface area contributed by atoms with E-state index in [1.807, 2.05) is 48.5 Å². The minimum Gasteiger partial charge on any atom is -0.481 e. The number of fused-ring (bicyclic) bond motifs is 3. The van der Waals surface area contributed by atoms with E-state index in [-0.39, 0.29) is 31.7 Å². The Hall–Kier alpha value is -3.88. The summed E-state index contributed by atoms with van der Waals surface area (Å²) in [6, 6.07) is 15.8. The number of aliphatic carboxylic acids is 1. The van der Waals surface area contributed by atoms with Gasteiger partial charge >= 0.3 is 12.1 Å². The molecule has 4 N–H and O–H groups in total. The predicted octanol–water partition coefficient (Wildman–Crippen LogP) is 2.01. The number of carboxylic acid groups (broad SMARTS) is 1. The third-order valence-corrected chi connectivity index (χ3v) is 6.33. The molecule has 2 aliphatic rings. The van der Waals surface area contributed by atoms with Gasteiger partial charge in [0, 0.05) is 12.0 Å². The highest BCUT2D eigenvalue weighted by Crippen LogP contribution is 2.44. The molecule has 0 bridgehead atoms. The number of carboxylic acids is 1. The first-order valence-electron chi connectivity index (χ1n) is 11.3. The highest BCUT2D eigenvalue weighted by atomic mass is 16.5. The summed E-state index contributed by atoms with van der Waals surface area (Å²) in [7, 11) is 0. The van der Waals surface area contributed by atoms with Gasteiger partial charge in [0.25, 0.3) is 0 Å². The van der Waals surface area contributed by atoms with Gasteiger partial charge in [0.05, 0.1) is 12.5 Å². The van der Waals surface area contributed by atoms with Crippen molar-refractivity contribution >= 4 is 23.9 Å². The summed E-state index contributed by atoms with van der Waals surface area (Å²) in [5, 5.41) is 16.6. The van der Waals surface area contributed by atoms with Gasteiger partial charge in [-0.25, -0.2) is 4.79 Å². The number of hydrogen-bond donors (Lipinski definition) is 4. The standard InChI is InChI=1S/C25H27N3O6/c29-22(26-13-23(30)28-16-10-9-15(11-16)24(31)32)12-27-25(33)34-14-21-19-7-3-1-5-17(19)18-6-2-4-8-20(18)21/h1-8,15-16,21H,9-14H2,(H,26,29)(H,27,33)(H,28,30)(H,31,32)/t15-,16+/m0/s1. The highest BCUT2D eigenvalue weighted by Gasteiger charge is 2.31. The molecule has 1 fully saturated rings. The SMILES string of the molecule is O=C(CNC(=O)OCC1c2ccccc2-c2ccccc21)NCC(=O)N[C@@H]1CC[C@H](C(=O)O)C1. The fraction of sp³-hybridized carbons (Fsp3) is 0.360. The molecular formula is C25H27N3O6. The van der Waals surface area contributed by atoms with E-state index in [4.69, 9.17) is 9.84 Å². The number of benzene rings is 2. The highest BCUT2D eigenvalue weighted by molar-refractivity contribution is 5.87. The van der Waals surface area contributed by atoms with Crippen molar-refractivity contribution in [1.29, 1.82) is 0 Å². The second kappa shape index (κ2) is 10.4. The molecule has 2 aromatic rings. The molecule has 0 aromatic heterocycles. The Bertz CT molecular complexity index is 1060. The lowest BCUT2D eigenvalue weighted by Crippen LogP contribution is -2.44. The smallest absolute Gasteiger partial charge is 0.407 e. The summed E-state index contributed by atoms with van der Waals surface area (Å²) in [5.41, 5.74) is 4.44. The van der Waals surface area contributed by atoms with Gasteiger partial charge < -0.3 is 25.8 Å². The van der Waals surface area contributed by atoms with Gasteiger partial charge in [0.2, 0.25) is 11.8 Å². The first-order valence-corrected chi connectivity index (χ1v) is 11.3. The van der Waals surface area contributed by atoms with Crippen molar-refractivity contribution in [3.8, 4) is 11.1 Å². The maximum atomic E-state index is 12.1. The minimum absolute atomic E-state index is 0.0769. The van der Waals surface area contributed by atoms with Gasteiger partial charge in [-0.1, -0.05) is 48.5 Å². The van der Waals surface area contributed by atoms with Gasteiger partial charge in [0.15, 0.2) is 0 Å². The zero-order valence-corrected chi connectivity index (χ0v) is 18.6. The normalized spacial score (nSPS) is 18.5. The topological polar surface area (TPSA) is 134 Å². The van der Waals surface area contributed by atoms with Crippen LogP contribution in [0.2, 0.25) is 0 Å². The number of alkyl carbamates (subject to hydrolysis) is 1. The Kier molecular flexibility index (Phi) is 7.10. The number of amides is 3. The second-order valence-electron chi connectivity index (χ2n) is 8.57. The Balaban J connectivity index is 1.17. The average Bonchev–Trinajstić information content (AvgIpc) is 3.43. The van der Waals surface area contributed by atoms with Crippen LogP contribution in [0, 0.1) is 5.92 Å². The molecule has 2 aliphatic carbocycles.